The molecule has 238 valence electrons. The lowest BCUT2D eigenvalue weighted by Gasteiger charge is -2.60. The smallest absolute Gasteiger partial charge is 0.507 e. The van der Waals surface area contributed by atoms with Crippen molar-refractivity contribution < 1.29 is 33.6 Å². The fraction of sp³-hybridized carbons (Fsp3) is 0.485. The van der Waals surface area contributed by atoms with Gasteiger partial charge < -0.3 is 35.1 Å². The molecular weight excluding hydrogens is 578 g/mol. The number of benzene rings is 2. The van der Waals surface area contributed by atoms with Crippen molar-refractivity contribution in [2.75, 3.05) is 27.0 Å². The van der Waals surface area contributed by atoms with Gasteiger partial charge in [-0.25, -0.2) is 4.79 Å². The number of aromatic hydroxyl groups is 1. The Balaban J connectivity index is 1.58. The molecular formula is C33H39N5O7. The molecule has 45 heavy (non-hydrogen) atoms. The molecule has 0 aliphatic carbocycles. The van der Waals surface area contributed by atoms with Gasteiger partial charge in [-0.05, 0) is 64.3 Å². The van der Waals surface area contributed by atoms with Gasteiger partial charge in [-0.2, -0.15) is 5.26 Å². The van der Waals surface area contributed by atoms with Gasteiger partial charge in [0.25, 0.3) is 0 Å². The molecule has 4 aliphatic rings. The van der Waals surface area contributed by atoms with Crippen molar-refractivity contribution in [1.29, 1.82) is 5.26 Å². The van der Waals surface area contributed by atoms with Crippen molar-refractivity contribution >= 4 is 12.1 Å². The first kappa shape index (κ1) is 30.7. The number of carbonyl (C=O) groups is 2. The van der Waals surface area contributed by atoms with E-state index >= 15 is 0 Å². The van der Waals surface area contributed by atoms with Crippen LogP contribution in [0.5, 0.6) is 23.0 Å². The zero-order chi connectivity index (χ0) is 32.3. The molecule has 2 bridgehead atoms. The first-order valence-electron chi connectivity index (χ1n) is 15.1. The minimum atomic E-state index is -0.897. The van der Waals surface area contributed by atoms with Crippen LogP contribution in [0.1, 0.15) is 58.0 Å². The third kappa shape index (κ3) is 4.77. The number of nitrogens with one attached hydrogen (secondary N) is 1. The molecule has 6 rings (SSSR count). The van der Waals surface area contributed by atoms with E-state index in [4.69, 9.17) is 24.7 Å². The summed E-state index contributed by atoms with van der Waals surface area (Å²) in [5, 5.41) is 25.3. The summed E-state index contributed by atoms with van der Waals surface area (Å²) in [7, 11) is 1.99. The molecule has 2 aromatic carbocycles. The number of amides is 1. The quantitative estimate of drug-likeness (QED) is 0.248. The minimum Gasteiger partial charge on any atom is -0.507 e. The molecule has 1 unspecified atom stereocenters. The molecule has 1 fully saturated rings. The van der Waals surface area contributed by atoms with E-state index in [-0.39, 0.29) is 55.5 Å². The number of hydrogen-bond acceptors (Lipinski definition) is 11. The first-order chi connectivity index (χ1) is 21.5. The lowest BCUT2D eigenvalue weighted by atomic mass is 9.71. The highest BCUT2D eigenvalue weighted by Gasteiger charge is 2.56. The summed E-state index contributed by atoms with van der Waals surface area (Å²) >= 11 is 0. The molecule has 4 heterocycles. The van der Waals surface area contributed by atoms with E-state index in [1.165, 1.54) is 6.08 Å². The number of ether oxygens (including phenoxy) is 4. The van der Waals surface area contributed by atoms with Crippen LogP contribution >= 0.6 is 0 Å². The lowest BCUT2D eigenvalue weighted by Crippen LogP contribution is -2.69. The maximum absolute atomic E-state index is 12.8. The number of fused-ring (bicyclic) bond motifs is 9. The van der Waals surface area contributed by atoms with Crippen LogP contribution in [0.25, 0.3) is 0 Å². The van der Waals surface area contributed by atoms with E-state index in [1.807, 2.05) is 20.9 Å². The Labute approximate surface area is 262 Å². The second-order valence-electron chi connectivity index (χ2n) is 12.3. The maximum Gasteiger partial charge on any atom is 0.514 e. The first-order valence-corrected chi connectivity index (χ1v) is 15.1. The molecule has 12 heteroatoms. The highest BCUT2D eigenvalue weighted by molar-refractivity contribution is 5.81. The Bertz CT molecular complexity index is 1630. The average molecular weight is 618 g/mol. The van der Waals surface area contributed by atoms with Crippen LogP contribution in [0, 0.1) is 32.1 Å². The third-order valence-electron chi connectivity index (χ3n) is 9.82. The fourth-order valence-corrected chi connectivity index (χ4v) is 7.63. The highest BCUT2D eigenvalue weighted by Crippen LogP contribution is 2.57. The molecule has 1 amide bonds. The van der Waals surface area contributed by atoms with Crippen molar-refractivity contribution in [1.82, 2.24) is 15.1 Å². The molecule has 0 aromatic heterocycles. The van der Waals surface area contributed by atoms with Crippen LogP contribution < -0.4 is 25.3 Å². The standard InChI is InChI=1S/C33H39N5O7/c1-7-8-42-33(41)45-29-17(4)30-31(44-14-43-30)26-20(29)11-22-27-25-19(9-15(2)16(3)28(25)39)10-21(37(27)6)23(12-34)38(22)24(26)13-36-32(40)18(5)35/h7,9,18,21-24,27,39H,1,8,10-11,13-14,35H2,2-6H3,(H,36,40)/t18-,21-,22?,23-,24-,27+/m0/s1. The Hall–Kier alpha value is -4.31. The Kier molecular flexibility index (Phi) is 7.89. The number of aryl methyl sites for hydroxylation is 1. The molecule has 0 spiro atoms. The van der Waals surface area contributed by atoms with E-state index in [9.17, 15) is 20.0 Å². The Morgan fingerprint density at radius 3 is 2.64 bits per heavy atom. The van der Waals surface area contributed by atoms with Crippen molar-refractivity contribution in [2.24, 2.45) is 5.73 Å². The maximum atomic E-state index is 12.8. The SMILES string of the molecule is C=CCOC(=O)Oc1c(C)c2c(c3c1CC1[C@@H]4c5c(cc(C)c(C)c5O)C[C@@H]([C@H](C#N)N1[C@H]3CNC(=O)[C@H](C)N)N4C)OCO2. The number of carbonyl (C=O) groups excluding carboxylic acids is 2. The Morgan fingerprint density at radius 1 is 1.22 bits per heavy atom. The summed E-state index contributed by atoms with van der Waals surface area (Å²) in [6.45, 7) is 10.9. The number of piperazine rings is 1. The summed E-state index contributed by atoms with van der Waals surface area (Å²) in [4.78, 5) is 30.0. The lowest BCUT2D eigenvalue weighted by molar-refractivity contribution is -0.123. The van der Waals surface area contributed by atoms with Crippen molar-refractivity contribution in [3.05, 3.63) is 57.7 Å². The summed E-state index contributed by atoms with van der Waals surface area (Å²) < 4.78 is 23.0. The van der Waals surface area contributed by atoms with Crippen LogP contribution in [0.15, 0.2) is 18.7 Å². The molecule has 4 N–H and O–H groups in total. The Morgan fingerprint density at radius 2 is 1.96 bits per heavy atom. The number of phenolic OH excluding ortho intramolecular Hbond substituents is 1. The van der Waals surface area contributed by atoms with Crippen molar-refractivity contribution in [3.8, 4) is 29.1 Å². The largest absolute Gasteiger partial charge is 0.514 e. The molecule has 4 aliphatic heterocycles. The van der Waals surface area contributed by atoms with Crippen LogP contribution in [-0.2, 0) is 22.4 Å². The van der Waals surface area contributed by atoms with Gasteiger partial charge in [-0.3, -0.25) is 14.6 Å². The second-order valence-corrected chi connectivity index (χ2v) is 12.3. The fourth-order valence-electron chi connectivity index (χ4n) is 7.63. The van der Waals surface area contributed by atoms with E-state index in [0.29, 0.717) is 41.0 Å². The summed E-state index contributed by atoms with van der Waals surface area (Å²) in [5.41, 5.74) is 11.5. The number of phenols is 1. The van der Waals surface area contributed by atoms with Crippen molar-refractivity contribution in [3.63, 3.8) is 0 Å². The van der Waals surface area contributed by atoms with Crippen LogP contribution in [0.3, 0.4) is 0 Å². The van der Waals surface area contributed by atoms with E-state index in [1.54, 1.807) is 13.8 Å². The molecule has 1 saturated heterocycles. The van der Waals surface area contributed by atoms with Gasteiger partial charge in [0.1, 0.15) is 24.1 Å². The average Bonchev–Trinajstić information content (AvgIpc) is 3.50. The number of nitrogens with two attached hydrogens (primary N) is 1. The third-order valence-corrected chi connectivity index (χ3v) is 9.82. The van der Waals surface area contributed by atoms with Gasteiger partial charge in [0.15, 0.2) is 11.5 Å². The number of hydrogen-bond donors (Lipinski definition) is 3. The molecule has 0 radical (unpaired) electrons. The van der Waals surface area contributed by atoms with Crippen LogP contribution in [-0.4, -0.2) is 78.1 Å². The van der Waals surface area contributed by atoms with Gasteiger partial charge >= 0.3 is 6.16 Å². The van der Waals surface area contributed by atoms with E-state index in [0.717, 1.165) is 22.3 Å². The monoisotopic (exact) mass is 617 g/mol. The van der Waals surface area contributed by atoms with E-state index in [2.05, 4.69) is 33.8 Å². The topological polar surface area (TPSA) is 160 Å². The normalized spacial score (nSPS) is 25.2. The van der Waals surface area contributed by atoms with Crippen LogP contribution in [0.4, 0.5) is 4.79 Å². The molecule has 2 aromatic rings. The zero-order valence-corrected chi connectivity index (χ0v) is 26.2. The number of nitriles is 1. The summed E-state index contributed by atoms with van der Waals surface area (Å²) in [6, 6.07) is 1.91. The van der Waals surface area contributed by atoms with Crippen LogP contribution in [0.2, 0.25) is 0 Å². The number of likely N-dealkylation sites (N-methyl/N-ethyl adjacent to an activating group) is 1. The van der Waals surface area contributed by atoms with Gasteiger partial charge in [-0.15, -0.1) is 0 Å². The molecule has 6 atom stereocenters. The highest BCUT2D eigenvalue weighted by atomic mass is 16.7. The minimum absolute atomic E-state index is 0.0279. The predicted molar refractivity (Wildman–Crippen MR) is 163 cm³/mol. The second kappa shape index (κ2) is 11.6. The summed E-state index contributed by atoms with van der Waals surface area (Å²) in [6.07, 6.45) is 1.47. The van der Waals surface area contributed by atoms with Gasteiger partial charge in [0.2, 0.25) is 12.7 Å². The number of rotatable bonds is 6. The van der Waals surface area contributed by atoms with Gasteiger partial charge in [-0.1, -0.05) is 18.7 Å². The molecule has 0 saturated carbocycles. The zero-order valence-electron chi connectivity index (χ0n) is 26.2. The van der Waals surface area contributed by atoms with Gasteiger partial charge in [0, 0.05) is 40.9 Å². The van der Waals surface area contributed by atoms with Gasteiger partial charge in [0.05, 0.1) is 24.2 Å². The predicted octanol–water partition coefficient (Wildman–Crippen LogP) is 2.98. The number of nitrogens with zero attached hydrogens (tertiary/aromatic N) is 3. The summed E-state index contributed by atoms with van der Waals surface area (Å²) in [5.74, 6) is 1.10. The van der Waals surface area contributed by atoms with E-state index < -0.39 is 24.3 Å². The molecule has 12 nitrogen and oxygen atoms in total. The van der Waals surface area contributed by atoms with Crippen molar-refractivity contribution in [2.45, 2.75) is 76.8 Å².